The van der Waals surface area contributed by atoms with Gasteiger partial charge in [-0.05, 0) is 37.7 Å². The second-order valence-corrected chi connectivity index (χ2v) is 8.92. The van der Waals surface area contributed by atoms with Crippen LogP contribution >= 0.6 is 0 Å². The topological polar surface area (TPSA) is 75.5 Å². The number of amides is 1. The van der Waals surface area contributed by atoms with Crippen LogP contribution in [0.3, 0.4) is 0 Å². The lowest BCUT2D eigenvalue weighted by Crippen LogP contribution is -2.46. The molecular weight excluding hydrogens is 328 g/mol. The Balaban J connectivity index is 1.46. The van der Waals surface area contributed by atoms with E-state index in [1.165, 1.54) is 10.6 Å². The molecule has 1 aromatic heterocycles. The van der Waals surface area contributed by atoms with Gasteiger partial charge in [0.15, 0.2) is 0 Å². The summed E-state index contributed by atoms with van der Waals surface area (Å²) < 4.78 is 26.5. The summed E-state index contributed by atoms with van der Waals surface area (Å²) in [5.41, 5.74) is 0. The Morgan fingerprint density at radius 1 is 1.12 bits per heavy atom. The van der Waals surface area contributed by atoms with E-state index < -0.39 is 10.0 Å². The molecule has 3 heterocycles. The molecule has 0 spiro atoms. The highest BCUT2D eigenvalue weighted by Gasteiger charge is 2.32. The van der Waals surface area contributed by atoms with Gasteiger partial charge in [-0.2, -0.15) is 5.10 Å². The van der Waals surface area contributed by atoms with Gasteiger partial charge in [0.1, 0.15) is 0 Å². The highest BCUT2D eigenvalue weighted by atomic mass is 32.2. The predicted molar refractivity (Wildman–Crippen MR) is 90.7 cm³/mol. The fourth-order valence-corrected chi connectivity index (χ4v) is 4.58. The van der Waals surface area contributed by atoms with Crippen molar-refractivity contribution in [2.24, 2.45) is 11.8 Å². The maximum absolute atomic E-state index is 12.7. The third kappa shape index (κ3) is 4.16. The van der Waals surface area contributed by atoms with E-state index in [1.807, 2.05) is 21.8 Å². The molecule has 2 aliphatic rings. The van der Waals surface area contributed by atoms with Crippen LogP contribution in [-0.4, -0.2) is 65.7 Å². The lowest BCUT2D eigenvalue weighted by molar-refractivity contribution is -0.138. The van der Waals surface area contributed by atoms with Gasteiger partial charge in [-0.1, -0.05) is 0 Å². The summed E-state index contributed by atoms with van der Waals surface area (Å²) in [6.45, 7) is 3.45. The molecule has 8 heteroatoms. The zero-order chi connectivity index (χ0) is 17.2. The third-order valence-electron chi connectivity index (χ3n) is 5.20. The standard InChI is InChI=1S/C16H26N4O3S/c1-24(22,23)20-11-5-15(6-12-20)16(21)18-9-3-14(4-10-18)13-19-8-2-7-17-19/h2,7-8,14-15H,3-6,9-13H2,1H3. The van der Waals surface area contributed by atoms with E-state index >= 15 is 0 Å². The van der Waals surface area contributed by atoms with Crippen LogP contribution in [0.5, 0.6) is 0 Å². The zero-order valence-electron chi connectivity index (χ0n) is 14.2. The van der Waals surface area contributed by atoms with Gasteiger partial charge in [-0.3, -0.25) is 9.48 Å². The van der Waals surface area contributed by atoms with Crippen molar-refractivity contribution in [3.05, 3.63) is 18.5 Å². The molecule has 2 saturated heterocycles. The fraction of sp³-hybridized carbons (Fsp3) is 0.750. The fourth-order valence-electron chi connectivity index (χ4n) is 3.70. The minimum Gasteiger partial charge on any atom is -0.342 e. The summed E-state index contributed by atoms with van der Waals surface area (Å²) in [5.74, 6) is 0.757. The lowest BCUT2D eigenvalue weighted by Gasteiger charge is -2.36. The van der Waals surface area contributed by atoms with E-state index in [1.54, 1.807) is 6.20 Å². The van der Waals surface area contributed by atoms with Crippen LogP contribution in [0, 0.1) is 11.8 Å². The van der Waals surface area contributed by atoms with Crippen LogP contribution < -0.4 is 0 Å². The zero-order valence-corrected chi connectivity index (χ0v) is 15.0. The van der Waals surface area contributed by atoms with Gasteiger partial charge in [0, 0.05) is 51.0 Å². The molecule has 0 saturated carbocycles. The Hall–Kier alpha value is -1.41. The van der Waals surface area contributed by atoms with Crippen LogP contribution in [0.2, 0.25) is 0 Å². The summed E-state index contributed by atoms with van der Waals surface area (Å²) in [7, 11) is -3.13. The van der Waals surface area contributed by atoms with E-state index in [0.717, 1.165) is 32.5 Å². The maximum Gasteiger partial charge on any atom is 0.225 e. The molecule has 0 N–H and O–H groups in total. The molecule has 0 bridgehead atoms. The average Bonchev–Trinajstić information content (AvgIpc) is 3.07. The van der Waals surface area contributed by atoms with Crippen molar-refractivity contribution in [3.8, 4) is 0 Å². The molecule has 2 fully saturated rings. The second-order valence-electron chi connectivity index (χ2n) is 6.93. The van der Waals surface area contributed by atoms with Gasteiger partial charge in [0.05, 0.1) is 6.26 Å². The third-order valence-corrected chi connectivity index (χ3v) is 6.51. The maximum atomic E-state index is 12.7. The van der Waals surface area contributed by atoms with Crippen LogP contribution in [0.1, 0.15) is 25.7 Å². The number of carbonyl (C=O) groups excluding carboxylic acids is 1. The van der Waals surface area contributed by atoms with Crippen molar-refractivity contribution in [1.29, 1.82) is 0 Å². The van der Waals surface area contributed by atoms with Crippen LogP contribution in [-0.2, 0) is 21.4 Å². The summed E-state index contributed by atoms with van der Waals surface area (Å²) in [4.78, 5) is 14.6. The van der Waals surface area contributed by atoms with Crippen LogP contribution in [0.15, 0.2) is 18.5 Å². The van der Waals surface area contributed by atoms with Crippen molar-refractivity contribution in [2.75, 3.05) is 32.4 Å². The molecule has 7 nitrogen and oxygen atoms in total. The molecule has 1 aromatic rings. The van der Waals surface area contributed by atoms with Crippen LogP contribution in [0.4, 0.5) is 0 Å². The Bertz CT molecular complexity index is 643. The highest BCUT2D eigenvalue weighted by Crippen LogP contribution is 2.25. The average molecular weight is 354 g/mol. The van der Waals surface area contributed by atoms with Gasteiger partial charge in [-0.15, -0.1) is 0 Å². The summed E-state index contributed by atoms with van der Waals surface area (Å²) in [5, 5.41) is 4.25. The lowest BCUT2D eigenvalue weighted by atomic mass is 9.92. The first-order chi connectivity index (χ1) is 11.4. The predicted octanol–water partition coefficient (Wildman–Crippen LogP) is 0.793. The molecule has 0 unspecified atom stereocenters. The van der Waals surface area contributed by atoms with Gasteiger partial charge < -0.3 is 4.90 Å². The molecule has 134 valence electrons. The number of aromatic nitrogens is 2. The minimum absolute atomic E-state index is 0.0225. The van der Waals surface area contributed by atoms with E-state index in [9.17, 15) is 13.2 Å². The normalized spacial score (nSPS) is 22.0. The first kappa shape index (κ1) is 17.4. The molecule has 2 aliphatic heterocycles. The summed E-state index contributed by atoms with van der Waals surface area (Å²) in [6, 6.07) is 1.93. The molecule has 3 rings (SSSR count). The Morgan fingerprint density at radius 2 is 1.79 bits per heavy atom. The Labute approximate surface area is 143 Å². The number of carbonyl (C=O) groups is 1. The molecular formula is C16H26N4O3S. The molecule has 0 atom stereocenters. The van der Waals surface area contributed by atoms with Crippen molar-refractivity contribution in [3.63, 3.8) is 0 Å². The Kier molecular flexibility index (Phi) is 5.24. The van der Waals surface area contributed by atoms with E-state index in [-0.39, 0.29) is 11.8 Å². The van der Waals surface area contributed by atoms with Crippen molar-refractivity contribution in [1.82, 2.24) is 19.0 Å². The van der Waals surface area contributed by atoms with Crippen molar-refractivity contribution in [2.45, 2.75) is 32.2 Å². The molecule has 0 aromatic carbocycles. The first-order valence-corrected chi connectivity index (χ1v) is 10.5. The van der Waals surface area contributed by atoms with Gasteiger partial charge in [0.2, 0.25) is 15.9 Å². The summed E-state index contributed by atoms with van der Waals surface area (Å²) >= 11 is 0. The minimum atomic E-state index is -3.13. The van der Waals surface area contributed by atoms with Crippen LogP contribution in [0.25, 0.3) is 0 Å². The number of piperidine rings is 2. The van der Waals surface area contributed by atoms with E-state index in [2.05, 4.69) is 5.10 Å². The van der Waals surface area contributed by atoms with E-state index in [0.29, 0.717) is 31.8 Å². The quantitative estimate of drug-likeness (QED) is 0.801. The van der Waals surface area contributed by atoms with Gasteiger partial charge in [-0.25, -0.2) is 12.7 Å². The van der Waals surface area contributed by atoms with Gasteiger partial charge in [0.25, 0.3) is 0 Å². The SMILES string of the molecule is CS(=O)(=O)N1CCC(C(=O)N2CCC(Cn3cccn3)CC2)CC1. The monoisotopic (exact) mass is 354 g/mol. The number of hydrogen-bond donors (Lipinski definition) is 0. The molecule has 0 radical (unpaired) electrons. The largest absolute Gasteiger partial charge is 0.342 e. The number of rotatable bonds is 4. The smallest absolute Gasteiger partial charge is 0.225 e. The number of sulfonamides is 1. The van der Waals surface area contributed by atoms with Gasteiger partial charge >= 0.3 is 0 Å². The molecule has 1 amide bonds. The number of likely N-dealkylation sites (tertiary alicyclic amines) is 1. The first-order valence-electron chi connectivity index (χ1n) is 8.65. The second kappa shape index (κ2) is 7.23. The molecule has 0 aliphatic carbocycles. The Morgan fingerprint density at radius 3 is 2.33 bits per heavy atom. The summed E-state index contributed by atoms with van der Waals surface area (Å²) in [6.07, 6.45) is 8.30. The number of nitrogens with zero attached hydrogens (tertiary/aromatic N) is 4. The van der Waals surface area contributed by atoms with Crippen molar-refractivity contribution < 1.29 is 13.2 Å². The van der Waals surface area contributed by atoms with Crippen molar-refractivity contribution >= 4 is 15.9 Å². The number of hydrogen-bond acceptors (Lipinski definition) is 4. The van der Waals surface area contributed by atoms with E-state index in [4.69, 9.17) is 0 Å². The molecule has 24 heavy (non-hydrogen) atoms. The highest BCUT2D eigenvalue weighted by molar-refractivity contribution is 7.88.